The van der Waals surface area contributed by atoms with Gasteiger partial charge in [-0.05, 0) is 31.9 Å². The van der Waals surface area contributed by atoms with Crippen LogP contribution < -0.4 is 5.73 Å². The Labute approximate surface area is 128 Å². The zero-order valence-corrected chi connectivity index (χ0v) is 12.5. The monoisotopic (exact) mass is 294 g/mol. The summed E-state index contributed by atoms with van der Waals surface area (Å²) in [7, 11) is 0. The van der Waals surface area contributed by atoms with Gasteiger partial charge >= 0.3 is 0 Å². The van der Waals surface area contributed by atoms with Crippen molar-refractivity contribution in [2.24, 2.45) is 5.73 Å². The van der Waals surface area contributed by atoms with Gasteiger partial charge in [-0.3, -0.25) is 4.98 Å². The highest BCUT2D eigenvalue weighted by atomic mass is 16.5. The summed E-state index contributed by atoms with van der Waals surface area (Å²) in [4.78, 5) is 9.18. The van der Waals surface area contributed by atoms with Crippen LogP contribution in [-0.2, 0) is 5.54 Å². The molecule has 3 aromatic rings. The topological polar surface area (TPSA) is 77.8 Å². The van der Waals surface area contributed by atoms with E-state index in [9.17, 15) is 0 Å². The molecule has 5 heteroatoms. The number of aromatic nitrogens is 3. The highest BCUT2D eigenvalue weighted by molar-refractivity contribution is 5.83. The molecule has 2 aromatic heterocycles. The van der Waals surface area contributed by atoms with Crippen LogP contribution in [0.2, 0.25) is 0 Å². The second-order valence-electron chi connectivity index (χ2n) is 6.10. The smallest absolute Gasteiger partial charge is 0.259 e. The molecule has 1 saturated carbocycles. The molecule has 1 aromatic carbocycles. The SMILES string of the molecule is Cc1nc2ccccc2cc1-c1nc(C2(N)CCCC2)no1. The van der Waals surface area contributed by atoms with E-state index in [1.165, 1.54) is 0 Å². The van der Waals surface area contributed by atoms with Gasteiger partial charge in [0.05, 0.1) is 22.3 Å². The Morgan fingerprint density at radius 3 is 2.73 bits per heavy atom. The van der Waals surface area contributed by atoms with Gasteiger partial charge in [0.15, 0.2) is 5.82 Å². The summed E-state index contributed by atoms with van der Waals surface area (Å²) in [6.45, 7) is 1.96. The number of rotatable bonds is 2. The van der Waals surface area contributed by atoms with Gasteiger partial charge in [-0.15, -0.1) is 0 Å². The molecule has 2 heterocycles. The quantitative estimate of drug-likeness (QED) is 0.784. The van der Waals surface area contributed by atoms with Crippen LogP contribution in [0.1, 0.15) is 37.2 Å². The zero-order valence-electron chi connectivity index (χ0n) is 12.5. The van der Waals surface area contributed by atoms with Gasteiger partial charge in [0, 0.05) is 5.39 Å². The van der Waals surface area contributed by atoms with E-state index in [1.54, 1.807) is 0 Å². The van der Waals surface area contributed by atoms with Crippen LogP contribution in [0.4, 0.5) is 0 Å². The lowest BCUT2D eigenvalue weighted by molar-refractivity contribution is 0.372. The van der Waals surface area contributed by atoms with Gasteiger partial charge in [-0.25, -0.2) is 0 Å². The lowest BCUT2D eigenvalue weighted by atomic mass is 9.98. The Hall–Kier alpha value is -2.27. The molecule has 0 aliphatic heterocycles. The maximum atomic E-state index is 6.40. The summed E-state index contributed by atoms with van der Waals surface area (Å²) in [5.41, 5.74) is 8.69. The van der Waals surface area contributed by atoms with Crippen LogP contribution in [0.5, 0.6) is 0 Å². The third-order valence-corrected chi connectivity index (χ3v) is 4.51. The molecule has 0 radical (unpaired) electrons. The summed E-state index contributed by atoms with van der Waals surface area (Å²) in [5.74, 6) is 1.12. The number of nitrogens with two attached hydrogens (primary N) is 1. The first-order valence-electron chi connectivity index (χ1n) is 7.66. The molecule has 112 valence electrons. The average Bonchev–Trinajstić information content (AvgIpc) is 3.16. The predicted molar refractivity (Wildman–Crippen MR) is 84.1 cm³/mol. The summed E-state index contributed by atoms with van der Waals surface area (Å²) in [6, 6.07) is 10.1. The predicted octanol–water partition coefficient (Wildman–Crippen LogP) is 3.32. The zero-order chi connectivity index (χ0) is 15.2. The first kappa shape index (κ1) is 13.4. The second-order valence-corrected chi connectivity index (χ2v) is 6.10. The van der Waals surface area contributed by atoms with Crippen LogP contribution >= 0.6 is 0 Å². The molecule has 2 N–H and O–H groups in total. The van der Waals surface area contributed by atoms with E-state index >= 15 is 0 Å². The van der Waals surface area contributed by atoms with Crippen molar-refractivity contribution in [3.05, 3.63) is 41.9 Å². The lowest BCUT2D eigenvalue weighted by Crippen LogP contribution is -2.34. The Morgan fingerprint density at radius 1 is 1.14 bits per heavy atom. The molecule has 0 unspecified atom stereocenters. The van der Waals surface area contributed by atoms with E-state index in [0.29, 0.717) is 11.7 Å². The molecular formula is C17H18N4O. The number of benzene rings is 1. The third kappa shape index (κ3) is 2.09. The number of aryl methyl sites for hydroxylation is 1. The Bertz CT molecular complexity index is 834. The van der Waals surface area contributed by atoms with Crippen LogP contribution in [-0.4, -0.2) is 15.1 Å². The molecule has 0 atom stereocenters. The molecule has 0 bridgehead atoms. The summed E-state index contributed by atoms with van der Waals surface area (Å²) in [6.07, 6.45) is 4.08. The van der Waals surface area contributed by atoms with Gasteiger partial charge in [-0.1, -0.05) is 36.2 Å². The second kappa shape index (κ2) is 4.88. The molecule has 0 spiro atoms. The summed E-state index contributed by atoms with van der Waals surface area (Å²) < 4.78 is 5.48. The Morgan fingerprint density at radius 2 is 1.91 bits per heavy atom. The summed E-state index contributed by atoms with van der Waals surface area (Å²) >= 11 is 0. The fourth-order valence-corrected chi connectivity index (χ4v) is 3.19. The first-order valence-corrected chi connectivity index (χ1v) is 7.66. The van der Waals surface area contributed by atoms with Gasteiger partial charge in [-0.2, -0.15) is 4.98 Å². The normalized spacial score (nSPS) is 17.2. The number of hydrogen-bond donors (Lipinski definition) is 1. The van der Waals surface area contributed by atoms with E-state index in [2.05, 4.69) is 15.1 Å². The van der Waals surface area contributed by atoms with Crippen molar-refractivity contribution in [2.75, 3.05) is 0 Å². The molecule has 1 aliphatic carbocycles. The van der Waals surface area contributed by atoms with E-state index in [1.807, 2.05) is 37.3 Å². The molecule has 1 aliphatic rings. The molecule has 4 rings (SSSR count). The van der Waals surface area contributed by atoms with Gasteiger partial charge in [0.1, 0.15) is 0 Å². The Balaban J connectivity index is 1.79. The van der Waals surface area contributed by atoms with Crippen molar-refractivity contribution in [1.29, 1.82) is 0 Å². The van der Waals surface area contributed by atoms with Gasteiger partial charge in [0.25, 0.3) is 5.89 Å². The standard InChI is InChI=1S/C17H18N4O/c1-11-13(10-12-6-2-3-7-14(12)19-11)15-20-16(21-22-15)17(18)8-4-5-9-17/h2-3,6-7,10H,4-5,8-9,18H2,1H3. The van der Waals surface area contributed by atoms with Crippen molar-refractivity contribution in [1.82, 2.24) is 15.1 Å². The van der Waals surface area contributed by atoms with Gasteiger partial charge < -0.3 is 10.3 Å². The lowest BCUT2D eigenvalue weighted by Gasteiger charge is -2.17. The first-order chi connectivity index (χ1) is 10.7. The minimum Gasteiger partial charge on any atom is -0.334 e. The van der Waals surface area contributed by atoms with Crippen molar-refractivity contribution in [3.63, 3.8) is 0 Å². The highest BCUT2D eigenvalue weighted by Gasteiger charge is 2.36. The maximum absolute atomic E-state index is 6.40. The number of pyridine rings is 1. The van der Waals surface area contributed by atoms with E-state index in [0.717, 1.165) is 47.8 Å². The van der Waals surface area contributed by atoms with Gasteiger partial charge in [0.2, 0.25) is 0 Å². The number of fused-ring (bicyclic) bond motifs is 1. The van der Waals surface area contributed by atoms with E-state index < -0.39 is 5.54 Å². The fraction of sp³-hybridized carbons (Fsp3) is 0.353. The number of para-hydroxylation sites is 1. The molecule has 0 saturated heterocycles. The van der Waals surface area contributed by atoms with E-state index in [-0.39, 0.29) is 0 Å². The molecule has 0 amide bonds. The van der Waals surface area contributed by atoms with Crippen LogP contribution in [0.15, 0.2) is 34.9 Å². The fourth-order valence-electron chi connectivity index (χ4n) is 3.19. The van der Waals surface area contributed by atoms with Crippen LogP contribution in [0, 0.1) is 6.92 Å². The summed E-state index contributed by atoms with van der Waals surface area (Å²) in [5, 5.41) is 5.19. The third-order valence-electron chi connectivity index (χ3n) is 4.51. The minimum absolute atomic E-state index is 0.431. The van der Waals surface area contributed by atoms with E-state index in [4.69, 9.17) is 10.3 Å². The average molecular weight is 294 g/mol. The van der Waals surface area contributed by atoms with Crippen LogP contribution in [0.3, 0.4) is 0 Å². The molecule has 22 heavy (non-hydrogen) atoms. The molecule has 1 fully saturated rings. The van der Waals surface area contributed by atoms with Crippen molar-refractivity contribution in [3.8, 4) is 11.5 Å². The minimum atomic E-state index is -0.431. The van der Waals surface area contributed by atoms with Crippen molar-refractivity contribution < 1.29 is 4.52 Å². The largest absolute Gasteiger partial charge is 0.334 e. The van der Waals surface area contributed by atoms with Crippen molar-refractivity contribution in [2.45, 2.75) is 38.1 Å². The number of hydrogen-bond acceptors (Lipinski definition) is 5. The highest BCUT2D eigenvalue weighted by Crippen LogP contribution is 2.36. The number of nitrogens with zero attached hydrogens (tertiary/aromatic N) is 3. The maximum Gasteiger partial charge on any atom is 0.259 e. The molecule has 5 nitrogen and oxygen atoms in total. The van der Waals surface area contributed by atoms with Crippen LogP contribution in [0.25, 0.3) is 22.4 Å². The molecular weight excluding hydrogens is 276 g/mol. The Kier molecular flexibility index (Phi) is 2.97. The van der Waals surface area contributed by atoms with Crippen molar-refractivity contribution >= 4 is 10.9 Å².